The van der Waals surface area contributed by atoms with Gasteiger partial charge in [-0.3, -0.25) is 10.2 Å². The van der Waals surface area contributed by atoms with Crippen LogP contribution in [0.3, 0.4) is 0 Å². The molecule has 0 atom stereocenters. The van der Waals surface area contributed by atoms with Crippen molar-refractivity contribution >= 4 is 39.8 Å². The van der Waals surface area contributed by atoms with E-state index < -0.39 is 5.91 Å². The van der Waals surface area contributed by atoms with Crippen molar-refractivity contribution in [1.29, 1.82) is 5.41 Å². The zero-order chi connectivity index (χ0) is 21.1. The van der Waals surface area contributed by atoms with Crippen molar-refractivity contribution in [2.45, 2.75) is 26.4 Å². The summed E-state index contributed by atoms with van der Waals surface area (Å²) in [6, 6.07) is 13.5. The summed E-state index contributed by atoms with van der Waals surface area (Å²) in [5.41, 5.74) is 1.16. The molecule has 8 heteroatoms. The van der Waals surface area contributed by atoms with Gasteiger partial charge < -0.3 is 4.74 Å². The van der Waals surface area contributed by atoms with Crippen molar-refractivity contribution in [3.63, 3.8) is 0 Å². The highest BCUT2D eigenvalue weighted by atomic mass is 32.2. The average molecular weight is 422 g/mol. The van der Waals surface area contributed by atoms with Gasteiger partial charge in [0.1, 0.15) is 23.2 Å². The van der Waals surface area contributed by atoms with Crippen LogP contribution in [-0.4, -0.2) is 27.0 Å². The summed E-state index contributed by atoms with van der Waals surface area (Å²) in [6.07, 6.45) is 3.26. The van der Waals surface area contributed by atoms with Gasteiger partial charge >= 0.3 is 0 Å². The Labute approximate surface area is 177 Å². The normalized spacial score (nSPS) is 17.1. The predicted octanol–water partition coefficient (Wildman–Crippen LogP) is 4.82. The number of nitrogens with zero attached hydrogens (tertiary/aromatic N) is 3. The summed E-state index contributed by atoms with van der Waals surface area (Å²) in [4.78, 5) is 16.7. The highest BCUT2D eigenvalue weighted by Gasteiger charge is 2.35. The van der Waals surface area contributed by atoms with Gasteiger partial charge in [0.05, 0.1) is 5.57 Å². The maximum atomic E-state index is 13.9. The highest BCUT2D eigenvalue weighted by Crippen LogP contribution is 2.31. The van der Waals surface area contributed by atoms with Crippen LogP contribution in [-0.2, 0) is 11.4 Å². The summed E-state index contributed by atoms with van der Waals surface area (Å²) in [6.45, 7) is 2.09. The van der Waals surface area contributed by atoms with Crippen LogP contribution in [0, 0.1) is 11.2 Å². The van der Waals surface area contributed by atoms with Crippen LogP contribution in [0.4, 0.5) is 4.39 Å². The second-order valence-corrected chi connectivity index (χ2v) is 7.72. The maximum Gasteiger partial charge on any atom is 0.283 e. The lowest BCUT2D eigenvalue weighted by Crippen LogP contribution is -2.35. The molecule has 2 aliphatic rings. The number of hydrazone groups is 1. The second kappa shape index (κ2) is 8.62. The number of para-hydroxylation sites is 1. The summed E-state index contributed by atoms with van der Waals surface area (Å²) in [7, 11) is 0. The lowest BCUT2D eigenvalue weighted by molar-refractivity contribution is -0.114. The maximum absolute atomic E-state index is 13.9. The summed E-state index contributed by atoms with van der Waals surface area (Å²) >= 11 is 1.32. The molecule has 0 aliphatic carbocycles. The molecule has 0 aromatic heterocycles. The summed E-state index contributed by atoms with van der Waals surface area (Å²) < 4.78 is 19.7. The van der Waals surface area contributed by atoms with E-state index in [9.17, 15) is 9.18 Å². The number of nitrogens with one attached hydrogen (secondary N) is 1. The van der Waals surface area contributed by atoms with Gasteiger partial charge in [-0.05, 0) is 42.8 Å². The van der Waals surface area contributed by atoms with E-state index in [1.807, 2.05) is 6.92 Å². The fourth-order valence-electron chi connectivity index (χ4n) is 3.00. The van der Waals surface area contributed by atoms with Gasteiger partial charge in [-0.15, -0.1) is 0 Å². The number of hydrogen-bond donors (Lipinski definition) is 1. The lowest BCUT2D eigenvalue weighted by Gasteiger charge is -2.20. The molecule has 0 unspecified atom stereocenters. The third-order valence-electron chi connectivity index (χ3n) is 4.52. The molecule has 4 rings (SSSR count). The van der Waals surface area contributed by atoms with E-state index in [0.717, 1.165) is 17.9 Å². The highest BCUT2D eigenvalue weighted by molar-refractivity contribution is 8.26. The third kappa shape index (κ3) is 4.04. The van der Waals surface area contributed by atoms with E-state index in [2.05, 4.69) is 10.1 Å². The number of halogens is 1. The van der Waals surface area contributed by atoms with Crippen molar-refractivity contribution in [2.24, 2.45) is 10.1 Å². The van der Waals surface area contributed by atoms with Crippen molar-refractivity contribution in [2.75, 3.05) is 0 Å². The molecule has 2 aliphatic heterocycles. The molecule has 0 radical (unpaired) electrons. The molecule has 2 heterocycles. The molecule has 2 aromatic carbocycles. The van der Waals surface area contributed by atoms with E-state index in [1.54, 1.807) is 48.5 Å². The minimum atomic E-state index is -0.490. The standard InChI is InChI=1S/C22H19FN4O2S/c1-2-7-19-26-27-20(24)16(21(28)25-22(27)30-19)12-14-8-4-6-11-18(14)29-13-15-9-3-5-10-17(15)23/h3-6,8-12,24H,2,7,13H2,1H3/b16-12-,24-20?. The fraction of sp³-hybridized carbons (Fsp3) is 0.182. The van der Waals surface area contributed by atoms with Crippen LogP contribution in [0.1, 0.15) is 30.9 Å². The zero-order valence-corrected chi connectivity index (χ0v) is 17.1. The molecule has 30 heavy (non-hydrogen) atoms. The van der Waals surface area contributed by atoms with Gasteiger partial charge in [-0.2, -0.15) is 15.1 Å². The number of benzene rings is 2. The number of rotatable bonds is 6. The van der Waals surface area contributed by atoms with Crippen LogP contribution in [0.2, 0.25) is 0 Å². The Kier molecular flexibility index (Phi) is 5.76. The number of fused-ring (bicyclic) bond motifs is 1. The smallest absolute Gasteiger partial charge is 0.283 e. The molecule has 1 N–H and O–H groups in total. The van der Waals surface area contributed by atoms with Gasteiger partial charge in [0.2, 0.25) is 5.17 Å². The lowest BCUT2D eigenvalue weighted by atomic mass is 10.1. The first-order valence-electron chi connectivity index (χ1n) is 9.51. The number of amidine groups is 2. The van der Waals surface area contributed by atoms with Gasteiger partial charge in [-0.25, -0.2) is 4.39 Å². The largest absolute Gasteiger partial charge is 0.488 e. The molecule has 6 nitrogen and oxygen atoms in total. The molecule has 0 fully saturated rings. The van der Waals surface area contributed by atoms with Crippen LogP contribution < -0.4 is 4.74 Å². The van der Waals surface area contributed by atoms with E-state index in [4.69, 9.17) is 10.1 Å². The molecule has 0 saturated carbocycles. The molecule has 0 bridgehead atoms. The minimum absolute atomic E-state index is 0.0208. The number of thioether (sulfide) groups is 1. The van der Waals surface area contributed by atoms with E-state index >= 15 is 0 Å². The number of aliphatic imine (C=N–C) groups is 1. The SMILES string of the molecule is CCCC1=NN2C(=N)/C(=C/c3ccccc3OCc3ccccc3F)C(=O)N=C2S1. The van der Waals surface area contributed by atoms with Crippen molar-refractivity contribution in [3.8, 4) is 5.75 Å². The number of carbonyl (C=O) groups is 1. The molecule has 1 amide bonds. The first-order valence-corrected chi connectivity index (χ1v) is 10.3. The summed E-state index contributed by atoms with van der Waals surface area (Å²) in [5.74, 6) is -0.371. The Morgan fingerprint density at radius 3 is 2.77 bits per heavy atom. The van der Waals surface area contributed by atoms with E-state index in [1.165, 1.54) is 22.8 Å². The monoisotopic (exact) mass is 422 g/mol. The van der Waals surface area contributed by atoms with Gasteiger partial charge in [0.25, 0.3) is 5.91 Å². The van der Waals surface area contributed by atoms with Crippen molar-refractivity contribution in [1.82, 2.24) is 5.01 Å². The average Bonchev–Trinajstić information content (AvgIpc) is 3.14. The Bertz CT molecular complexity index is 1110. The Balaban J connectivity index is 1.60. The fourth-order valence-corrected chi connectivity index (χ4v) is 3.99. The number of hydrogen-bond acceptors (Lipinski definition) is 5. The van der Waals surface area contributed by atoms with Crippen LogP contribution in [0.15, 0.2) is 64.2 Å². The van der Waals surface area contributed by atoms with Crippen LogP contribution in [0.5, 0.6) is 5.75 Å². The quantitative estimate of drug-likeness (QED) is 0.677. The Hall–Kier alpha value is -3.26. The van der Waals surface area contributed by atoms with Gasteiger partial charge in [0, 0.05) is 11.1 Å². The minimum Gasteiger partial charge on any atom is -0.488 e. The van der Waals surface area contributed by atoms with Gasteiger partial charge in [0.15, 0.2) is 5.84 Å². The second-order valence-electron chi connectivity index (χ2n) is 6.68. The van der Waals surface area contributed by atoms with Gasteiger partial charge in [-0.1, -0.05) is 43.3 Å². The number of ether oxygens (including phenoxy) is 1. The Morgan fingerprint density at radius 1 is 1.20 bits per heavy atom. The topological polar surface area (TPSA) is 78.1 Å². The van der Waals surface area contributed by atoms with Crippen LogP contribution in [0.25, 0.3) is 6.08 Å². The zero-order valence-electron chi connectivity index (χ0n) is 16.3. The molecular formula is C22H19FN4O2S. The van der Waals surface area contributed by atoms with Crippen molar-refractivity contribution < 1.29 is 13.9 Å². The molecule has 2 aromatic rings. The molecule has 0 saturated heterocycles. The third-order valence-corrected chi connectivity index (χ3v) is 5.49. The van der Waals surface area contributed by atoms with E-state index in [0.29, 0.717) is 22.0 Å². The number of amides is 1. The van der Waals surface area contributed by atoms with E-state index in [-0.39, 0.29) is 23.8 Å². The predicted molar refractivity (Wildman–Crippen MR) is 117 cm³/mol. The first kappa shape index (κ1) is 20.0. The van der Waals surface area contributed by atoms with Crippen LogP contribution >= 0.6 is 11.8 Å². The summed E-state index contributed by atoms with van der Waals surface area (Å²) in [5, 5.41) is 15.5. The molecule has 0 spiro atoms. The molecule has 152 valence electrons. The molecular weight excluding hydrogens is 403 g/mol. The van der Waals surface area contributed by atoms with Crippen molar-refractivity contribution in [3.05, 3.63) is 71.0 Å². The number of carbonyl (C=O) groups excluding carboxylic acids is 1. The Morgan fingerprint density at radius 2 is 1.97 bits per heavy atom. The first-order chi connectivity index (χ1) is 14.6.